The summed E-state index contributed by atoms with van der Waals surface area (Å²) in [6.45, 7) is 9.26. The molecular weight excluding hydrogens is 544 g/mol. The molecular formula is C38H40N4O2+2. The number of aryl methyl sites for hydroxylation is 2. The quantitative estimate of drug-likeness (QED) is 0.206. The van der Waals surface area contributed by atoms with Crippen molar-refractivity contribution in [2.45, 2.75) is 38.5 Å². The molecule has 3 aromatic carbocycles. The third-order valence-corrected chi connectivity index (χ3v) is 9.72. The third-order valence-electron chi connectivity index (χ3n) is 9.72. The zero-order valence-corrected chi connectivity index (χ0v) is 26.8. The molecule has 2 aliphatic rings. The Kier molecular flexibility index (Phi) is 6.26. The van der Waals surface area contributed by atoms with E-state index < -0.39 is 0 Å². The molecule has 7 rings (SSSR count). The fraction of sp³-hybridized carbons (Fsp3) is 0.263. The second kappa shape index (κ2) is 9.84. The Morgan fingerprint density at radius 1 is 0.614 bits per heavy atom. The van der Waals surface area contributed by atoms with E-state index in [1.54, 1.807) is 0 Å². The fourth-order valence-corrected chi connectivity index (χ4v) is 7.12. The first-order chi connectivity index (χ1) is 21.0. The Hall–Kier alpha value is -4.84. The number of anilines is 2. The summed E-state index contributed by atoms with van der Waals surface area (Å²) in [6, 6.07) is 21.0. The fourth-order valence-electron chi connectivity index (χ4n) is 7.12. The van der Waals surface area contributed by atoms with Gasteiger partial charge in [-0.2, -0.15) is 9.13 Å². The van der Waals surface area contributed by atoms with Crippen LogP contribution in [0.2, 0.25) is 0 Å². The largest absolute Gasteiger partial charge is 0.398 e. The van der Waals surface area contributed by atoms with Gasteiger partial charge in [-0.25, -0.2) is 0 Å². The van der Waals surface area contributed by atoms with Crippen LogP contribution in [0.1, 0.15) is 50.6 Å². The maximum absolute atomic E-state index is 6.09. The summed E-state index contributed by atoms with van der Waals surface area (Å²) in [4.78, 5) is 4.69. The van der Waals surface area contributed by atoms with Crippen molar-refractivity contribution in [2.75, 3.05) is 23.9 Å². The van der Waals surface area contributed by atoms with E-state index in [-0.39, 0.29) is 10.8 Å². The van der Waals surface area contributed by atoms with Crippen LogP contribution in [0.5, 0.6) is 0 Å². The van der Waals surface area contributed by atoms with Crippen molar-refractivity contribution in [1.29, 1.82) is 0 Å². The predicted molar refractivity (Wildman–Crippen MR) is 178 cm³/mol. The normalized spacial score (nSPS) is 19.1. The van der Waals surface area contributed by atoms with Gasteiger partial charge in [-0.15, -0.1) is 0 Å². The molecule has 0 aliphatic carbocycles. The summed E-state index contributed by atoms with van der Waals surface area (Å²) in [5.74, 6) is 1.65. The van der Waals surface area contributed by atoms with Crippen LogP contribution < -0.4 is 18.9 Å². The maximum atomic E-state index is 6.09. The first-order valence-electron chi connectivity index (χ1n) is 15.2. The number of hydrogen-bond acceptors (Lipinski definition) is 4. The molecule has 0 spiro atoms. The van der Waals surface area contributed by atoms with E-state index in [2.05, 4.69) is 109 Å². The Bertz CT molecular complexity index is 1930. The van der Waals surface area contributed by atoms with Crippen LogP contribution in [0.25, 0.3) is 34.4 Å². The molecule has 0 bridgehead atoms. The zero-order valence-electron chi connectivity index (χ0n) is 26.8. The lowest BCUT2D eigenvalue weighted by Crippen LogP contribution is -2.29. The molecule has 6 nitrogen and oxygen atoms in total. The van der Waals surface area contributed by atoms with Gasteiger partial charge < -0.3 is 18.6 Å². The molecule has 44 heavy (non-hydrogen) atoms. The molecule has 0 atom stereocenters. The van der Waals surface area contributed by atoms with E-state index in [0.717, 1.165) is 34.0 Å². The minimum absolute atomic E-state index is 0.160. The van der Waals surface area contributed by atoms with Gasteiger partial charge in [-0.3, -0.25) is 0 Å². The van der Waals surface area contributed by atoms with Gasteiger partial charge in [0, 0.05) is 59.8 Å². The Labute approximate surface area is 259 Å². The first-order valence-corrected chi connectivity index (χ1v) is 15.2. The number of fused-ring (bicyclic) bond motifs is 4. The van der Waals surface area contributed by atoms with Gasteiger partial charge in [0.2, 0.25) is 11.2 Å². The second-order valence-corrected chi connectivity index (χ2v) is 13.0. The highest BCUT2D eigenvalue weighted by Crippen LogP contribution is 2.55. The van der Waals surface area contributed by atoms with Crippen LogP contribution in [0.3, 0.4) is 0 Å². The molecule has 0 N–H and O–H groups in total. The van der Waals surface area contributed by atoms with E-state index in [1.165, 1.54) is 33.9 Å². The zero-order chi connectivity index (χ0) is 31.0. The number of likely N-dealkylation sites (N-methyl/N-ethyl adjacent to an activating group) is 2. The van der Waals surface area contributed by atoms with Crippen LogP contribution in [-0.2, 0) is 24.9 Å². The van der Waals surface area contributed by atoms with Gasteiger partial charge in [0.15, 0.2) is 0 Å². The number of benzene rings is 3. The highest BCUT2D eigenvalue weighted by molar-refractivity contribution is 5.81. The molecule has 2 aliphatic heterocycles. The summed E-state index contributed by atoms with van der Waals surface area (Å²) in [5.41, 5.74) is 11.3. The number of nitrogens with zero attached hydrogens (tertiary/aromatic N) is 4. The van der Waals surface area contributed by atoms with Crippen LogP contribution in [0, 0.1) is 0 Å². The molecule has 6 heteroatoms. The van der Waals surface area contributed by atoms with Crippen molar-refractivity contribution in [1.82, 2.24) is 0 Å². The average Bonchev–Trinajstić information content (AvgIpc) is 3.62. The van der Waals surface area contributed by atoms with E-state index in [1.807, 2.05) is 62.6 Å². The van der Waals surface area contributed by atoms with Crippen molar-refractivity contribution >= 4 is 45.7 Å². The summed E-state index contributed by atoms with van der Waals surface area (Å²) in [7, 11) is 8.44. The lowest BCUT2D eigenvalue weighted by Gasteiger charge is -2.25. The SMILES string of the molecule is CN1/C(=C/C=C/c2oc3ccccc3[n+]2C)C(C)(C)c2cc3c(cc21)C(C)(C)/C(=C\C=C\c1oc2ccccc2[n+]1C)N3C. The van der Waals surface area contributed by atoms with Crippen LogP contribution in [0.15, 0.2) is 105 Å². The predicted octanol–water partition coefficient (Wildman–Crippen LogP) is 7.48. The highest BCUT2D eigenvalue weighted by Gasteiger charge is 2.44. The van der Waals surface area contributed by atoms with Gasteiger partial charge in [0.05, 0.1) is 12.2 Å². The Balaban J connectivity index is 1.20. The van der Waals surface area contributed by atoms with Crippen molar-refractivity contribution < 1.29 is 18.0 Å². The molecule has 4 heterocycles. The lowest BCUT2D eigenvalue weighted by molar-refractivity contribution is -0.652. The van der Waals surface area contributed by atoms with Crippen LogP contribution in [0.4, 0.5) is 11.4 Å². The second-order valence-electron chi connectivity index (χ2n) is 13.0. The van der Waals surface area contributed by atoms with Crippen molar-refractivity contribution in [2.24, 2.45) is 14.1 Å². The summed E-state index contributed by atoms with van der Waals surface area (Å²) >= 11 is 0. The Morgan fingerprint density at radius 2 is 1.00 bits per heavy atom. The van der Waals surface area contributed by atoms with Crippen LogP contribution in [-0.4, -0.2) is 14.1 Å². The molecule has 0 saturated carbocycles. The third kappa shape index (κ3) is 4.08. The standard InChI is InChI=1S/C38H40N4O2/c1-37(2)25-23-30-26(24-29(25)39(5)33(37)19-13-21-35-41(7)27-15-9-11-17-31(27)43-35)38(3,4)34(40(30)6)20-14-22-36-42(8)28-16-10-12-18-32(28)44-36/h9-24H,1-8H3/q+2. The number of para-hydroxylation sites is 4. The van der Waals surface area contributed by atoms with Crippen LogP contribution >= 0.6 is 0 Å². The molecule has 0 fully saturated rings. The van der Waals surface area contributed by atoms with Gasteiger partial charge in [0.25, 0.3) is 11.0 Å². The van der Waals surface area contributed by atoms with Crippen molar-refractivity contribution in [3.05, 3.63) is 119 Å². The first kappa shape index (κ1) is 28.0. The molecule has 2 aromatic heterocycles. The smallest absolute Gasteiger partial charge is 0.373 e. The van der Waals surface area contributed by atoms with Gasteiger partial charge in [-0.1, -0.05) is 64.1 Å². The van der Waals surface area contributed by atoms with E-state index in [4.69, 9.17) is 8.83 Å². The number of aromatic nitrogens is 2. The van der Waals surface area contributed by atoms with Gasteiger partial charge in [-0.05, 0) is 47.5 Å². The van der Waals surface area contributed by atoms with E-state index >= 15 is 0 Å². The van der Waals surface area contributed by atoms with Gasteiger partial charge in [0.1, 0.15) is 14.1 Å². The molecule has 222 valence electrons. The van der Waals surface area contributed by atoms with E-state index in [0.29, 0.717) is 0 Å². The maximum Gasteiger partial charge on any atom is 0.373 e. The summed E-state index contributed by atoms with van der Waals surface area (Å²) < 4.78 is 16.3. The number of allylic oxidation sites excluding steroid dienone is 6. The molecule has 0 unspecified atom stereocenters. The number of hydrogen-bond donors (Lipinski definition) is 0. The molecule has 0 amide bonds. The minimum Gasteiger partial charge on any atom is -0.398 e. The lowest BCUT2D eigenvalue weighted by atomic mass is 9.80. The minimum atomic E-state index is -0.160. The summed E-state index contributed by atoms with van der Waals surface area (Å²) in [5, 5.41) is 0. The molecule has 0 saturated heterocycles. The monoisotopic (exact) mass is 584 g/mol. The van der Waals surface area contributed by atoms with Gasteiger partial charge >= 0.3 is 11.8 Å². The average molecular weight is 585 g/mol. The number of rotatable bonds is 4. The van der Waals surface area contributed by atoms with E-state index in [9.17, 15) is 0 Å². The molecule has 5 aromatic rings. The van der Waals surface area contributed by atoms with Crippen molar-refractivity contribution in [3.63, 3.8) is 0 Å². The Morgan fingerprint density at radius 3 is 1.39 bits per heavy atom. The topological polar surface area (TPSA) is 40.5 Å². The highest BCUT2D eigenvalue weighted by atomic mass is 16.4. The number of oxazole rings is 2. The summed E-state index contributed by atoms with van der Waals surface area (Å²) in [6.07, 6.45) is 12.8. The van der Waals surface area contributed by atoms with Crippen molar-refractivity contribution in [3.8, 4) is 0 Å². The molecule has 0 radical (unpaired) electrons.